The fraction of sp³-hybridized carbons (Fsp3) is 0.118. The third-order valence-corrected chi connectivity index (χ3v) is 7.37. The second-order valence-electron chi connectivity index (χ2n) is 5.42. The van der Waals surface area contributed by atoms with E-state index in [0.29, 0.717) is 16.4 Å². The summed E-state index contributed by atoms with van der Waals surface area (Å²) in [6.45, 7) is 0. The zero-order valence-electron chi connectivity index (χ0n) is 13.9. The first kappa shape index (κ1) is 19.2. The lowest BCUT2D eigenvalue weighted by Gasteiger charge is -2.07. The maximum atomic E-state index is 12.1. The molecule has 10 heteroatoms. The Kier molecular flexibility index (Phi) is 5.99. The smallest absolute Gasteiger partial charge is 0.257 e. The third-order valence-electron chi connectivity index (χ3n) is 3.48. The van der Waals surface area contributed by atoms with Crippen molar-refractivity contribution in [2.75, 3.05) is 16.4 Å². The van der Waals surface area contributed by atoms with E-state index in [2.05, 4.69) is 15.6 Å². The number of sulfone groups is 1. The number of aromatic nitrogens is 1. The average molecular weight is 422 g/mol. The van der Waals surface area contributed by atoms with Crippen molar-refractivity contribution in [1.29, 1.82) is 0 Å². The van der Waals surface area contributed by atoms with Gasteiger partial charge in [-0.25, -0.2) is 13.4 Å². The van der Waals surface area contributed by atoms with Crippen molar-refractivity contribution in [3.05, 3.63) is 58.9 Å². The van der Waals surface area contributed by atoms with E-state index in [9.17, 15) is 18.0 Å². The Morgan fingerprint density at radius 3 is 2.41 bits per heavy atom. The second-order valence-corrected chi connectivity index (χ2v) is 9.60. The predicted molar refractivity (Wildman–Crippen MR) is 106 cm³/mol. The van der Waals surface area contributed by atoms with Gasteiger partial charge in [0.1, 0.15) is 4.21 Å². The Bertz CT molecular complexity index is 1010. The zero-order valence-corrected chi connectivity index (χ0v) is 16.4. The molecule has 3 rings (SSSR count). The van der Waals surface area contributed by atoms with Gasteiger partial charge in [0.15, 0.2) is 15.0 Å². The van der Waals surface area contributed by atoms with Gasteiger partial charge in [0, 0.05) is 29.2 Å². The molecule has 0 aliphatic carbocycles. The van der Waals surface area contributed by atoms with Gasteiger partial charge in [-0.2, -0.15) is 0 Å². The van der Waals surface area contributed by atoms with Crippen LogP contribution in [0, 0.1) is 0 Å². The van der Waals surface area contributed by atoms with Crippen molar-refractivity contribution >= 4 is 55.1 Å². The molecule has 140 valence electrons. The molecule has 0 saturated carbocycles. The van der Waals surface area contributed by atoms with Crippen molar-refractivity contribution in [2.45, 2.75) is 10.6 Å². The molecule has 3 aromatic rings. The Morgan fingerprint density at radius 1 is 1.00 bits per heavy atom. The molecule has 0 aliphatic rings. The summed E-state index contributed by atoms with van der Waals surface area (Å²) in [5, 5.41) is 9.23. The van der Waals surface area contributed by atoms with Crippen LogP contribution in [0.4, 0.5) is 10.8 Å². The number of carbonyl (C=O) groups excluding carboxylic acids is 2. The van der Waals surface area contributed by atoms with Gasteiger partial charge in [-0.3, -0.25) is 14.9 Å². The third kappa shape index (κ3) is 5.22. The van der Waals surface area contributed by atoms with Gasteiger partial charge in [-0.15, -0.1) is 22.7 Å². The van der Waals surface area contributed by atoms with Gasteiger partial charge in [-0.1, -0.05) is 6.07 Å². The number of thiazole rings is 1. The summed E-state index contributed by atoms with van der Waals surface area (Å²) >= 11 is 2.44. The number of hydrogen-bond donors (Lipinski definition) is 2. The Morgan fingerprint density at radius 2 is 1.78 bits per heavy atom. The van der Waals surface area contributed by atoms with Crippen LogP contribution in [0.5, 0.6) is 0 Å². The monoisotopic (exact) mass is 421 g/mol. The van der Waals surface area contributed by atoms with Gasteiger partial charge in [0.05, 0.1) is 5.75 Å². The predicted octanol–water partition coefficient (Wildman–Crippen LogP) is 3.26. The van der Waals surface area contributed by atoms with Crippen LogP contribution >= 0.6 is 22.7 Å². The van der Waals surface area contributed by atoms with E-state index < -0.39 is 15.7 Å². The molecule has 1 aromatic carbocycles. The highest BCUT2D eigenvalue weighted by molar-refractivity contribution is 7.93. The molecule has 0 radical (unpaired) electrons. The first-order chi connectivity index (χ1) is 12.9. The molecule has 27 heavy (non-hydrogen) atoms. The lowest BCUT2D eigenvalue weighted by Crippen LogP contribution is -2.17. The highest BCUT2D eigenvalue weighted by Gasteiger charge is 2.17. The number of thiophene rings is 1. The molecule has 2 heterocycles. The van der Waals surface area contributed by atoms with E-state index in [4.69, 9.17) is 0 Å². The van der Waals surface area contributed by atoms with E-state index in [0.717, 1.165) is 11.3 Å². The molecule has 2 aromatic heterocycles. The maximum Gasteiger partial charge on any atom is 0.257 e. The van der Waals surface area contributed by atoms with Crippen LogP contribution in [-0.2, 0) is 14.6 Å². The van der Waals surface area contributed by atoms with Crippen molar-refractivity contribution in [1.82, 2.24) is 4.98 Å². The second kappa shape index (κ2) is 8.42. The molecule has 2 N–H and O–H groups in total. The summed E-state index contributed by atoms with van der Waals surface area (Å²) < 4.78 is 24.4. The summed E-state index contributed by atoms with van der Waals surface area (Å²) in [4.78, 5) is 28.1. The molecule has 0 fully saturated rings. The van der Waals surface area contributed by atoms with E-state index >= 15 is 0 Å². The van der Waals surface area contributed by atoms with Gasteiger partial charge >= 0.3 is 0 Å². The van der Waals surface area contributed by atoms with Crippen LogP contribution in [0.3, 0.4) is 0 Å². The summed E-state index contributed by atoms with van der Waals surface area (Å²) in [6.07, 6.45) is 1.45. The minimum Gasteiger partial charge on any atom is -0.326 e. The number of rotatable bonds is 7. The number of hydrogen-bond acceptors (Lipinski definition) is 7. The van der Waals surface area contributed by atoms with Gasteiger partial charge in [-0.05, 0) is 35.7 Å². The van der Waals surface area contributed by atoms with Crippen molar-refractivity contribution in [3.63, 3.8) is 0 Å². The van der Waals surface area contributed by atoms with Crippen LogP contribution in [0.1, 0.15) is 16.8 Å². The Hall–Kier alpha value is -2.56. The summed E-state index contributed by atoms with van der Waals surface area (Å²) in [7, 11) is -3.45. The molecule has 0 aliphatic heterocycles. The highest BCUT2D eigenvalue weighted by Crippen LogP contribution is 2.19. The molecule has 0 unspecified atom stereocenters. The zero-order chi connectivity index (χ0) is 19.3. The van der Waals surface area contributed by atoms with Crippen LogP contribution in [0.25, 0.3) is 0 Å². The fourth-order valence-electron chi connectivity index (χ4n) is 2.15. The minimum absolute atomic E-state index is 0.146. The fourth-order valence-corrected chi connectivity index (χ4v) is 5.07. The topological polar surface area (TPSA) is 105 Å². The summed E-state index contributed by atoms with van der Waals surface area (Å²) in [6, 6.07) is 9.49. The number of nitrogens with zero attached hydrogens (tertiary/aromatic N) is 1. The lowest BCUT2D eigenvalue weighted by molar-refractivity contribution is -0.115. The minimum atomic E-state index is -3.45. The van der Waals surface area contributed by atoms with Crippen LogP contribution in [-0.4, -0.2) is 31.0 Å². The molecular weight excluding hydrogens is 406 g/mol. The summed E-state index contributed by atoms with van der Waals surface area (Å²) in [5.74, 6) is -0.965. The standard InChI is InChI=1S/C17H15N3O4S3/c21-14(7-11-27(23,24)15-2-1-9-25-15)19-13-5-3-12(4-6-13)16(22)20-17-18-8-10-26-17/h1-6,8-10H,7,11H2,(H,19,21)(H,18,20,22). The van der Waals surface area contributed by atoms with Crippen LogP contribution in [0.2, 0.25) is 0 Å². The number of carbonyl (C=O) groups is 2. The first-order valence-electron chi connectivity index (χ1n) is 7.81. The average Bonchev–Trinajstić information content (AvgIpc) is 3.35. The van der Waals surface area contributed by atoms with E-state index in [1.807, 2.05) is 0 Å². The summed E-state index contributed by atoms with van der Waals surface area (Å²) in [5.41, 5.74) is 0.905. The van der Waals surface area contributed by atoms with Crippen LogP contribution < -0.4 is 10.6 Å². The largest absolute Gasteiger partial charge is 0.326 e. The molecule has 2 amide bonds. The maximum absolute atomic E-state index is 12.1. The SMILES string of the molecule is O=C(CCS(=O)(=O)c1cccs1)Nc1ccc(C(=O)Nc2nccs2)cc1. The van der Waals surface area contributed by atoms with Gasteiger partial charge in [0.2, 0.25) is 5.91 Å². The van der Waals surface area contributed by atoms with E-state index in [-0.39, 0.29) is 22.3 Å². The quantitative estimate of drug-likeness (QED) is 0.609. The van der Waals surface area contributed by atoms with Crippen molar-refractivity contribution < 1.29 is 18.0 Å². The van der Waals surface area contributed by atoms with Crippen LogP contribution in [0.15, 0.2) is 57.6 Å². The van der Waals surface area contributed by atoms with Crippen molar-refractivity contribution in [3.8, 4) is 0 Å². The number of nitrogens with one attached hydrogen (secondary N) is 2. The molecule has 0 bridgehead atoms. The van der Waals surface area contributed by atoms with Gasteiger partial charge < -0.3 is 5.32 Å². The van der Waals surface area contributed by atoms with Crippen molar-refractivity contribution in [2.24, 2.45) is 0 Å². The number of amides is 2. The first-order valence-corrected chi connectivity index (χ1v) is 11.2. The highest BCUT2D eigenvalue weighted by atomic mass is 32.2. The number of anilines is 2. The molecule has 0 atom stereocenters. The number of benzene rings is 1. The molecular formula is C17H15N3O4S3. The Labute approximate surface area is 164 Å². The lowest BCUT2D eigenvalue weighted by atomic mass is 10.2. The van der Waals surface area contributed by atoms with E-state index in [1.54, 1.807) is 47.3 Å². The Balaban J connectivity index is 1.53. The van der Waals surface area contributed by atoms with E-state index in [1.165, 1.54) is 17.4 Å². The molecule has 0 spiro atoms. The molecule has 0 saturated heterocycles. The van der Waals surface area contributed by atoms with Gasteiger partial charge in [0.25, 0.3) is 5.91 Å². The molecule has 7 nitrogen and oxygen atoms in total. The normalized spacial score (nSPS) is 11.1.